The number of H-pyrrole nitrogens is 2. The first kappa shape index (κ1) is 73.6. The van der Waals surface area contributed by atoms with Crippen LogP contribution < -0.4 is 58.9 Å². The molecule has 2 aromatic heterocycles. The number of amides is 10. The van der Waals surface area contributed by atoms with Gasteiger partial charge in [-0.3, -0.25) is 57.9 Å². The maximum Gasteiger partial charge on any atom is 0.261 e. The highest BCUT2D eigenvalue weighted by Gasteiger charge is 2.40. The summed E-state index contributed by atoms with van der Waals surface area (Å²) < 4.78 is 25.9. The van der Waals surface area contributed by atoms with E-state index in [1.165, 1.54) is 41.7 Å². The van der Waals surface area contributed by atoms with E-state index in [2.05, 4.69) is 68.1 Å². The van der Waals surface area contributed by atoms with E-state index >= 15 is 0 Å². The van der Waals surface area contributed by atoms with Gasteiger partial charge in [0.05, 0.1) is 19.2 Å². The largest absolute Gasteiger partial charge is 0.508 e. The summed E-state index contributed by atoms with van der Waals surface area (Å²) in [6.07, 6.45) is 6.53. The summed E-state index contributed by atoms with van der Waals surface area (Å²) >= 11 is 0. The predicted molar refractivity (Wildman–Crippen MR) is 337 cm³/mol. The number of fused-ring (bicyclic) bond motifs is 1. The number of nitrogens with zero attached hydrogens (tertiary/aromatic N) is 2. The van der Waals surface area contributed by atoms with Crippen LogP contribution in [-0.4, -0.2) is 195 Å². The molecule has 0 bridgehead atoms. The molecule has 9 atom stereocenters. The van der Waals surface area contributed by atoms with E-state index in [0.29, 0.717) is 54.3 Å². The van der Waals surface area contributed by atoms with E-state index in [4.69, 9.17) is 15.7 Å². The Hall–Kier alpha value is -9.17. The van der Waals surface area contributed by atoms with Crippen molar-refractivity contribution in [3.8, 4) is 5.75 Å². The Balaban J connectivity index is 0.00000295. The van der Waals surface area contributed by atoms with E-state index in [9.17, 15) is 66.6 Å². The van der Waals surface area contributed by atoms with Crippen molar-refractivity contribution < 1.29 is 71.1 Å². The van der Waals surface area contributed by atoms with Crippen molar-refractivity contribution in [1.82, 2.24) is 73.0 Å². The molecule has 2 saturated heterocycles. The number of aliphatic hydroxyl groups is 1. The van der Waals surface area contributed by atoms with E-state index in [-0.39, 0.29) is 99.8 Å². The molecule has 2 aliphatic heterocycles. The van der Waals surface area contributed by atoms with Crippen LogP contribution in [0.15, 0.2) is 67.3 Å². The maximum absolute atomic E-state index is 14.7. The zero-order valence-electron chi connectivity index (χ0n) is 52.4. The lowest BCUT2D eigenvalue weighted by atomic mass is 9.98. The Kier molecular flexibility index (Phi) is 28.3. The normalized spacial score (nSPS) is 16.8. The monoisotopic (exact) mass is 1300 g/mol. The number of aromatic hydroxyl groups is 1. The number of likely N-dealkylation sites (tertiary alicyclic amines) is 1. The number of guanidine groups is 1. The number of carbonyl (C=O) groups is 10. The van der Waals surface area contributed by atoms with Crippen LogP contribution in [0.25, 0.3) is 10.9 Å². The molecule has 0 unspecified atom stereocenters. The Morgan fingerprint density at radius 3 is 1.80 bits per heavy atom. The zero-order chi connectivity index (χ0) is 67.8. The van der Waals surface area contributed by atoms with E-state index in [0.717, 1.165) is 5.52 Å². The van der Waals surface area contributed by atoms with Gasteiger partial charge in [0.15, 0.2) is 5.96 Å². The number of nitrogens with two attached hydrogens (primary N) is 1. The summed E-state index contributed by atoms with van der Waals surface area (Å²) in [6, 6.07) is 1.56. The van der Waals surface area contributed by atoms with Crippen molar-refractivity contribution in [2.24, 2.45) is 17.6 Å². The molecule has 2 aliphatic rings. The number of hydrogen-bond acceptors (Lipinski definition) is 16. The molecule has 0 spiro atoms. The average molecular weight is 1310 g/mol. The number of nitrogens with one attached hydrogen (secondary N) is 13. The topological polar surface area (TPSA) is 483 Å². The number of aromatic nitrogens is 3. The standard InChI is InChI=1S/C59H84N16O12.CH4O3S/c1-6-63-57(86)48-14-10-22-75(48)58(87)41(13-9-21-64-59(60)61)68-51(80)42(23-32(2)3)69-52(81)43(24-33(4)5)70-53(82)44(25-34-15-17-37(77)18-16-34)71-56(85)47(30-76)74-54(83)45(26-35-28-65-39-12-8-7-11-38(35)39)72-55(84)46(27-36-29-62-31-66-36)73-50(79)40-19-20-49(78)67-40;1-5(2,3)4/h7-8,11-12,15-18,28-29,31-33,40-48,65,76-77H,6,9-10,13-14,19-27,30H2,1-5H3,(H,62,66)(H,63,86)(H,67,78)(H,68,80)(H,69,81)(H,70,82)(H,71,85)(H,72,84)(H,73,79)(H,74,83)(H4,60,61,64);1H3,(H,2,3,4)/t40-,41-,42-,43+,44-,45-,46-,47-,48-;/m0./s1. The Morgan fingerprint density at radius 1 is 0.717 bits per heavy atom. The quantitative estimate of drug-likeness (QED) is 0.0112. The third kappa shape index (κ3) is 23.9. The first-order valence-corrected chi connectivity index (χ1v) is 32.3. The molecule has 0 aliphatic carbocycles. The molecule has 0 radical (unpaired) electrons. The molecule has 18 N–H and O–H groups in total. The molecular weight excluding hydrogens is 1220 g/mol. The number of phenolic OH excluding ortho intramolecular Hbond substituents is 1. The molecule has 4 heterocycles. The molecule has 6 rings (SSSR count). The first-order chi connectivity index (χ1) is 43.5. The third-order valence-electron chi connectivity index (χ3n) is 14.9. The Labute approximate surface area is 533 Å². The van der Waals surface area contributed by atoms with Gasteiger partial charge >= 0.3 is 0 Å². The second-order valence-corrected chi connectivity index (χ2v) is 25.0. The number of hydrogen-bond donors (Lipinski definition) is 17. The summed E-state index contributed by atoms with van der Waals surface area (Å²) in [5, 5.41) is 56.1. The van der Waals surface area contributed by atoms with Crippen molar-refractivity contribution in [3.63, 3.8) is 0 Å². The van der Waals surface area contributed by atoms with Crippen LogP contribution in [0.1, 0.15) is 103 Å². The highest BCUT2D eigenvalue weighted by Crippen LogP contribution is 2.22. The number of imidazole rings is 1. The molecule has 31 nitrogen and oxygen atoms in total. The summed E-state index contributed by atoms with van der Waals surface area (Å²) in [7, 11) is -3.67. The number of aliphatic hydroxyl groups excluding tert-OH is 1. The van der Waals surface area contributed by atoms with Gasteiger partial charge in [0, 0.05) is 74.3 Å². The fraction of sp³-hybridized carbons (Fsp3) is 0.533. The van der Waals surface area contributed by atoms with Gasteiger partial charge in [0.25, 0.3) is 10.1 Å². The van der Waals surface area contributed by atoms with Crippen LogP contribution >= 0.6 is 0 Å². The van der Waals surface area contributed by atoms with E-state index in [1.807, 2.05) is 19.9 Å². The smallest absolute Gasteiger partial charge is 0.261 e. The fourth-order valence-electron chi connectivity index (χ4n) is 10.5. The van der Waals surface area contributed by atoms with E-state index in [1.54, 1.807) is 45.2 Å². The van der Waals surface area contributed by atoms with Gasteiger partial charge in [0.1, 0.15) is 60.1 Å². The number of rotatable bonds is 32. The Bertz CT molecular complexity index is 3300. The van der Waals surface area contributed by atoms with Gasteiger partial charge in [-0.05, 0) is 93.0 Å². The number of likely N-dealkylation sites (N-methyl/N-ethyl adjacent to an activating group) is 1. The molecule has 504 valence electrons. The van der Waals surface area contributed by atoms with Crippen molar-refractivity contribution >= 4 is 86.1 Å². The number of phenols is 1. The summed E-state index contributed by atoms with van der Waals surface area (Å²) in [5.41, 5.74) is 7.69. The highest BCUT2D eigenvalue weighted by atomic mass is 32.2. The van der Waals surface area contributed by atoms with Crippen molar-refractivity contribution in [1.29, 1.82) is 5.41 Å². The maximum atomic E-state index is 14.7. The summed E-state index contributed by atoms with van der Waals surface area (Å²) in [6.45, 7) is 8.87. The second kappa shape index (κ2) is 35.4. The zero-order valence-corrected chi connectivity index (χ0v) is 53.2. The minimum Gasteiger partial charge on any atom is -0.508 e. The Morgan fingerprint density at radius 2 is 1.26 bits per heavy atom. The van der Waals surface area contributed by atoms with Crippen LogP contribution in [0.3, 0.4) is 0 Å². The molecule has 2 fully saturated rings. The van der Waals surface area contributed by atoms with Crippen molar-refractivity contribution in [2.75, 3.05) is 32.5 Å². The van der Waals surface area contributed by atoms with Crippen LogP contribution in [0, 0.1) is 17.2 Å². The van der Waals surface area contributed by atoms with Gasteiger partial charge in [-0.25, -0.2) is 4.98 Å². The lowest BCUT2D eigenvalue weighted by Gasteiger charge is -2.31. The lowest BCUT2D eigenvalue weighted by Crippen LogP contribution is -2.61. The molecule has 10 amide bonds. The van der Waals surface area contributed by atoms with Crippen LogP contribution in [-0.2, 0) is 77.3 Å². The van der Waals surface area contributed by atoms with Crippen molar-refractivity contribution in [2.45, 2.75) is 160 Å². The van der Waals surface area contributed by atoms with Crippen LogP contribution in [0.4, 0.5) is 0 Å². The van der Waals surface area contributed by atoms with Crippen LogP contribution in [0.2, 0.25) is 0 Å². The van der Waals surface area contributed by atoms with Gasteiger partial charge in [-0.1, -0.05) is 58.0 Å². The molecule has 32 heteroatoms. The van der Waals surface area contributed by atoms with E-state index < -0.39 is 118 Å². The van der Waals surface area contributed by atoms with Crippen molar-refractivity contribution in [3.05, 3.63) is 84.1 Å². The number of aromatic amines is 2. The minimum atomic E-state index is -3.67. The molecule has 4 aromatic rings. The SMILES string of the molecule is CCNC(=O)[C@@H]1CCCN1C(=O)[C@H](CCCNC(=N)N)NC(=O)[C@H](CC(C)C)NC(=O)[C@@H](CC(C)C)NC(=O)[C@H](Cc1ccc(O)cc1)NC(=O)[C@H](CO)NC(=O)[C@H](Cc1c[nH]c2ccccc12)NC(=O)[C@H](Cc1cnc[nH]1)NC(=O)[C@@H]1CCC(=O)N1.CS(=O)(=O)O. The second-order valence-electron chi connectivity index (χ2n) is 23.5. The number of carbonyl (C=O) groups excluding carboxylic acids is 10. The predicted octanol–water partition coefficient (Wildman–Crippen LogP) is -1.72. The minimum absolute atomic E-state index is 0.0380. The van der Waals surface area contributed by atoms with Crippen LogP contribution in [0.5, 0.6) is 5.75 Å². The first-order valence-electron chi connectivity index (χ1n) is 30.4. The van der Waals surface area contributed by atoms with Gasteiger partial charge in [0.2, 0.25) is 59.1 Å². The molecule has 92 heavy (non-hydrogen) atoms. The average Bonchev–Trinajstić information content (AvgIpc) is 1.63. The van der Waals surface area contributed by atoms with Gasteiger partial charge in [-0.2, -0.15) is 8.42 Å². The van der Waals surface area contributed by atoms with Gasteiger partial charge in [-0.15, -0.1) is 0 Å². The number of benzene rings is 2. The number of para-hydroxylation sites is 1. The molecular formula is C60H88N16O15S. The highest BCUT2D eigenvalue weighted by molar-refractivity contribution is 7.85. The lowest BCUT2D eigenvalue weighted by molar-refractivity contribution is -0.142. The third-order valence-corrected chi connectivity index (χ3v) is 14.9. The summed E-state index contributed by atoms with van der Waals surface area (Å²) in [5.74, 6) is -7.69. The molecule has 2 aromatic carbocycles. The fourth-order valence-corrected chi connectivity index (χ4v) is 10.5. The molecule has 0 saturated carbocycles. The van der Waals surface area contributed by atoms with Gasteiger partial charge < -0.3 is 84.0 Å². The summed E-state index contributed by atoms with van der Waals surface area (Å²) in [4.78, 5) is 151.